The van der Waals surface area contributed by atoms with Gasteiger partial charge in [0, 0.05) is 17.7 Å². The number of aromatic nitrogens is 1. The minimum atomic E-state index is 0.736. The third-order valence-corrected chi connectivity index (χ3v) is 3.57. The summed E-state index contributed by atoms with van der Waals surface area (Å²) in [5, 5.41) is 3.60. The Bertz CT molecular complexity index is 273. The molecule has 0 amide bonds. The van der Waals surface area contributed by atoms with Gasteiger partial charge in [0.05, 0.1) is 10.7 Å². The van der Waals surface area contributed by atoms with Gasteiger partial charge in [0.25, 0.3) is 0 Å². The van der Waals surface area contributed by atoms with Gasteiger partial charge in [0.1, 0.15) is 0 Å². The van der Waals surface area contributed by atoms with E-state index in [9.17, 15) is 0 Å². The monoisotopic (exact) mass is 195 g/mol. The lowest BCUT2D eigenvalue weighted by Gasteiger charge is -2.23. The van der Waals surface area contributed by atoms with Crippen molar-refractivity contribution in [3.63, 3.8) is 0 Å². The summed E-state index contributed by atoms with van der Waals surface area (Å²) in [6.07, 6.45) is 5.29. The molecule has 2 heteroatoms. The van der Waals surface area contributed by atoms with Crippen LogP contribution in [0.2, 0.25) is 0 Å². The predicted octanol–water partition coefficient (Wildman–Crippen LogP) is 3.61. The Hall–Kier alpha value is -0.370. The molecule has 0 unspecified atom stereocenters. The van der Waals surface area contributed by atoms with E-state index in [1.54, 1.807) is 0 Å². The molecule has 0 atom stereocenters. The van der Waals surface area contributed by atoms with Crippen LogP contribution in [-0.2, 0) is 6.42 Å². The topological polar surface area (TPSA) is 12.9 Å². The molecule has 0 bridgehead atoms. The summed E-state index contributed by atoms with van der Waals surface area (Å²) in [6.45, 7) is 4.51. The predicted molar refractivity (Wildman–Crippen MR) is 57.2 cm³/mol. The van der Waals surface area contributed by atoms with E-state index in [-0.39, 0.29) is 0 Å². The van der Waals surface area contributed by atoms with Crippen LogP contribution in [0, 0.1) is 5.92 Å². The fraction of sp³-hybridized carbons (Fsp3) is 0.727. The molecule has 0 aliphatic heterocycles. The Balaban J connectivity index is 2.00. The van der Waals surface area contributed by atoms with Gasteiger partial charge in [-0.3, -0.25) is 0 Å². The van der Waals surface area contributed by atoms with Gasteiger partial charge < -0.3 is 0 Å². The van der Waals surface area contributed by atoms with Crippen molar-refractivity contribution in [2.24, 2.45) is 5.92 Å². The highest BCUT2D eigenvalue weighted by Crippen LogP contribution is 2.36. The summed E-state index contributed by atoms with van der Waals surface area (Å²) in [5.41, 5.74) is 1.37. The Labute approximate surface area is 84.2 Å². The van der Waals surface area contributed by atoms with Crippen molar-refractivity contribution in [1.82, 2.24) is 4.98 Å². The van der Waals surface area contributed by atoms with E-state index < -0.39 is 0 Å². The van der Waals surface area contributed by atoms with Crippen molar-refractivity contribution in [1.29, 1.82) is 0 Å². The first-order chi connectivity index (χ1) is 6.25. The second kappa shape index (κ2) is 3.79. The summed E-state index contributed by atoms with van der Waals surface area (Å²) < 4.78 is 0. The lowest BCUT2D eigenvalue weighted by atomic mass is 9.83. The van der Waals surface area contributed by atoms with Crippen molar-refractivity contribution in [3.05, 3.63) is 16.1 Å². The number of rotatable bonds is 3. The maximum absolute atomic E-state index is 4.69. The first-order valence-electron chi connectivity index (χ1n) is 5.20. The van der Waals surface area contributed by atoms with Gasteiger partial charge in [-0.25, -0.2) is 4.98 Å². The zero-order valence-corrected chi connectivity index (χ0v) is 9.23. The average molecular weight is 195 g/mol. The van der Waals surface area contributed by atoms with E-state index in [0.717, 1.165) is 18.3 Å². The van der Waals surface area contributed by atoms with Crippen LogP contribution in [0.25, 0.3) is 0 Å². The molecule has 1 saturated carbocycles. The van der Waals surface area contributed by atoms with Crippen LogP contribution < -0.4 is 0 Å². The molecule has 0 radical (unpaired) electrons. The first-order valence-corrected chi connectivity index (χ1v) is 6.08. The van der Waals surface area contributed by atoms with Crippen LogP contribution in [0.15, 0.2) is 5.38 Å². The van der Waals surface area contributed by atoms with Gasteiger partial charge in [0.15, 0.2) is 0 Å². The normalized spacial score (nSPS) is 17.8. The highest BCUT2D eigenvalue weighted by molar-refractivity contribution is 7.09. The second-order valence-corrected chi connectivity index (χ2v) is 5.33. The van der Waals surface area contributed by atoms with Crippen LogP contribution in [0.3, 0.4) is 0 Å². The highest BCUT2D eigenvalue weighted by atomic mass is 32.1. The SMILES string of the molecule is CC(C)Cc1nc(C2CCC2)cs1. The third-order valence-electron chi connectivity index (χ3n) is 2.68. The van der Waals surface area contributed by atoms with Crippen LogP contribution >= 0.6 is 11.3 Å². The van der Waals surface area contributed by atoms with E-state index in [4.69, 9.17) is 4.98 Å². The van der Waals surface area contributed by atoms with Gasteiger partial charge in [-0.05, 0) is 18.8 Å². The maximum Gasteiger partial charge on any atom is 0.0930 e. The van der Waals surface area contributed by atoms with E-state index >= 15 is 0 Å². The lowest BCUT2D eigenvalue weighted by Crippen LogP contribution is -2.09. The van der Waals surface area contributed by atoms with Gasteiger partial charge in [-0.2, -0.15) is 0 Å². The molecule has 0 aromatic carbocycles. The minimum absolute atomic E-state index is 0.736. The second-order valence-electron chi connectivity index (χ2n) is 4.39. The van der Waals surface area contributed by atoms with Crippen molar-refractivity contribution < 1.29 is 0 Å². The van der Waals surface area contributed by atoms with Crippen LogP contribution in [0.1, 0.15) is 49.7 Å². The Morgan fingerprint density at radius 1 is 1.54 bits per heavy atom. The molecule has 1 fully saturated rings. The molecule has 72 valence electrons. The van der Waals surface area contributed by atoms with Crippen LogP contribution in [-0.4, -0.2) is 4.98 Å². The smallest absolute Gasteiger partial charge is 0.0930 e. The molecule has 1 nitrogen and oxygen atoms in total. The fourth-order valence-electron chi connectivity index (χ4n) is 1.66. The Morgan fingerprint density at radius 3 is 2.85 bits per heavy atom. The van der Waals surface area contributed by atoms with Gasteiger partial charge >= 0.3 is 0 Å². The summed E-state index contributed by atoms with van der Waals surface area (Å²) in [4.78, 5) is 4.69. The largest absolute Gasteiger partial charge is 0.246 e. The average Bonchev–Trinajstić information content (AvgIpc) is 2.31. The Morgan fingerprint density at radius 2 is 2.31 bits per heavy atom. The molecule has 0 spiro atoms. The number of hydrogen-bond donors (Lipinski definition) is 0. The number of nitrogens with zero attached hydrogens (tertiary/aromatic N) is 1. The molecule has 0 N–H and O–H groups in total. The number of thiazole rings is 1. The zero-order valence-electron chi connectivity index (χ0n) is 8.42. The summed E-state index contributed by atoms with van der Waals surface area (Å²) in [7, 11) is 0. The minimum Gasteiger partial charge on any atom is -0.246 e. The Kier molecular flexibility index (Phi) is 2.68. The third kappa shape index (κ3) is 2.11. The van der Waals surface area contributed by atoms with Gasteiger partial charge in [-0.1, -0.05) is 20.3 Å². The van der Waals surface area contributed by atoms with E-state index in [2.05, 4.69) is 19.2 Å². The van der Waals surface area contributed by atoms with Crippen molar-refractivity contribution in [3.8, 4) is 0 Å². The lowest BCUT2D eigenvalue weighted by molar-refractivity contribution is 0.412. The highest BCUT2D eigenvalue weighted by Gasteiger charge is 2.21. The molecule has 1 aliphatic rings. The quantitative estimate of drug-likeness (QED) is 0.718. The van der Waals surface area contributed by atoms with Crippen molar-refractivity contribution in [2.75, 3.05) is 0 Å². The molecule has 0 saturated heterocycles. The number of hydrogen-bond acceptors (Lipinski definition) is 2. The molecule has 1 aliphatic carbocycles. The van der Waals surface area contributed by atoms with Crippen LogP contribution in [0.5, 0.6) is 0 Å². The summed E-state index contributed by atoms with van der Waals surface area (Å²) in [5.74, 6) is 1.54. The van der Waals surface area contributed by atoms with E-state index in [1.165, 1.54) is 30.0 Å². The molecule has 1 aromatic heterocycles. The zero-order chi connectivity index (χ0) is 9.26. The maximum atomic E-state index is 4.69. The molecule has 1 heterocycles. The fourth-order valence-corrected chi connectivity index (χ4v) is 2.75. The van der Waals surface area contributed by atoms with Gasteiger partial charge in [-0.15, -0.1) is 11.3 Å². The summed E-state index contributed by atoms with van der Waals surface area (Å²) >= 11 is 1.84. The molecule has 13 heavy (non-hydrogen) atoms. The van der Waals surface area contributed by atoms with E-state index in [1.807, 2.05) is 11.3 Å². The first kappa shape index (κ1) is 9.20. The van der Waals surface area contributed by atoms with E-state index in [0.29, 0.717) is 0 Å². The summed E-state index contributed by atoms with van der Waals surface area (Å²) in [6, 6.07) is 0. The van der Waals surface area contributed by atoms with Gasteiger partial charge in [0.2, 0.25) is 0 Å². The standard InChI is InChI=1S/C11H17NS/c1-8(2)6-11-12-10(7-13-11)9-4-3-5-9/h7-9H,3-6H2,1-2H3. The van der Waals surface area contributed by atoms with Crippen molar-refractivity contribution >= 4 is 11.3 Å². The molecule has 2 rings (SSSR count). The molecule has 1 aromatic rings. The molecular formula is C11H17NS. The molecular weight excluding hydrogens is 178 g/mol. The van der Waals surface area contributed by atoms with Crippen LogP contribution in [0.4, 0.5) is 0 Å². The van der Waals surface area contributed by atoms with Crippen molar-refractivity contribution in [2.45, 2.75) is 45.4 Å².